The maximum Gasteiger partial charge on any atom is 0.309 e. The molecule has 5 fully saturated rings. The number of epoxide rings is 1. The Balaban J connectivity index is 1.37. The zero-order valence-electron chi connectivity index (χ0n) is 12.1. The molecule has 106 valence electrons. The fourth-order valence-electron chi connectivity index (χ4n) is 4.95. The topological polar surface area (TPSA) is 38.8 Å². The highest BCUT2D eigenvalue weighted by atomic mass is 16.6. The highest BCUT2D eigenvalue weighted by Gasteiger charge is 2.58. The minimum atomic E-state index is 0.0479. The zero-order valence-corrected chi connectivity index (χ0v) is 12.1. The molecule has 2 bridgehead atoms. The van der Waals surface area contributed by atoms with Gasteiger partial charge in [-0.25, -0.2) is 0 Å². The van der Waals surface area contributed by atoms with Crippen molar-refractivity contribution in [1.82, 2.24) is 0 Å². The molecule has 3 nitrogen and oxygen atoms in total. The molecule has 4 saturated carbocycles. The van der Waals surface area contributed by atoms with Gasteiger partial charge in [-0.2, -0.15) is 0 Å². The number of hydrogen-bond donors (Lipinski definition) is 0. The van der Waals surface area contributed by atoms with Crippen molar-refractivity contribution in [2.45, 2.75) is 64.8 Å². The molecule has 0 amide bonds. The lowest BCUT2D eigenvalue weighted by atomic mass is 9.45. The van der Waals surface area contributed by atoms with Crippen molar-refractivity contribution in [3.05, 3.63) is 0 Å². The summed E-state index contributed by atoms with van der Waals surface area (Å²) < 4.78 is 11.2. The second-order valence-electron chi connectivity index (χ2n) is 7.81. The van der Waals surface area contributed by atoms with Crippen LogP contribution in [0.2, 0.25) is 0 Å². The number of carbonyl (C=O) groups excluding carboxylic acids is 1. The first-order valence-corrected chi connectivity index (χ1v) is 7.82. The summed E-state index contributed by atoms with van der Waals surface area (Å²) in [6.45, 7) is 7.03. The summed E-state index contributed by atoms with van der Waals surface area (Å²) in [5.41, 5.74) is 0.463. The van der Waals surface area contributed by atoms with E-state index in [-0.39, 0.29) is 18.0 Å². The van der Waals surface area contributed by atoms with Gasteiger partial charge in [0.2, 0.25) is 0 Å². The van der Waals surface area contributed by atoms with Gasteiger partial charge in [0.25, 0.3) is 0 Å². The quantitative estimate of drug-likeness (QED) is 0.568. The second kappa shape index (κ2) is 3.75. The molecule has 0 radical (unpaired) electrons. The molecule has 5 rings (SSSR count). The summed E-state index contributed by atoms with van der Waals surface area (Å²) >= 11 is 0. The fourth-order valence-corrected chi connectivity index (χ4v) is 4.95. The van der Waals surface area contributed by atoms with Crippen molar-refractivity contribution in [1.29, 1.82) is 0 Å². The summed E-state index contributed by atoms with van der Waals surface area (Å²) in [5, 5.41) is 0. The zero-order chi connectivity index (χ0) is 13.4. The molecule has 0 N–H and O–H groups in total. The van der Waals surface area contributed by atoms with E-state index in [1.807, 2.05) is 0 Å². The third kappa shape index (κ3) is 1.70. The Morgan fingerprint density at radius 3 is 2.42 bits per heavy atom. The number of rotatable bonds is 2. The lowest BCUT2D eigenvalue weighted by Crippen LogP contribution is -2.57. The van der Waals surface area contributed by atoms with Gasteiger partial charge in [-0.15, -0.1) is 0 Å². The molecule has 1 aliphatic heterocycles. The van der Waals surface area contributed by atoms with Crippen LogP contribution in [0.1, 0.15) is 46.5 Å². The van der Waals surface area contributed by atoms with Crippen molar-refractivity contribution in [3.63, 3.8) is 0 Å². The van der Waals surface area contributed by atoms with Crippen molar-refractivity contribution in [2.24, 2.45) is 29.1 Å². The van der Waals surface area contributed by atoms with Gasteiger partial charge in [0, 0.05) is 0 Å². The smallest absolute Gasteiger partial charge is 0.309 e. The predicted molar refractivity (Wildman–Crippen MR) is 70.4 cm³/mol. The Morgan fingerprint density at radius 1 is 1.16 bits per heavy atom. The van der Waals surface area contributed by atoms with E-state index in [2.05, 4.69) is 20.8 Å². The standard InChI is InChI=1S/C16H24O3/c1-8-11-6-10(16(11,2)3)7-12(8)19-15(17)9-4-13-14(5-9)18-13/h8-14H,4-7H2,1-3H3/t8-,9?,10+,11-,12-,13-,14+/m0/s1. The van der Waals surface area contributed by atoms with Crippen LogP contribution in [0.25, 0.3) is 0 Å². The molecule has 19 heavy (non-hydrogen) atoms. The van der Waals surface area contributed by atoms with E-state index in [9.17, 15) is 4.79 Å². The molecule has 0 aromatic heterocycles. The van der Waals surface area contributed by atoms with Gasteiger partial charge in [-0.1, -0.05) is 20.8 Å². The van der Waals surface area contributed by atoms with Crippen LogP contribution in [-0.4, -0.2) is 24.3 Å². The van der Waals surface area contributed by atoms with E-state index in [0.29, 0.717) is 23.5 Å². The number of fused-ring (bicyclic) bond motifs is 3. The van der Waals surface area contributed by atoms with Gasteiger partial charge in [0.15, 0.2) is 0 Å². The number of ether oxygens (including phenoxy) is 2. The first kappa shape index (κ1) is 12.2. The van der Waals surface area contributed by atoms with Gasteiger partial charge < -0.3 is 9.47 Å². The third-order valence-corrected chi connectivity index (χ3v) is 6.61. The molecule has 0 aromatic rings. The van der Waals surface area contributed by atoms with Gasteiger partial charge in [-0.05, 0) is 48.9 Å². The Hall–Kier alpha value is -0.570. The van der Waals surface area contributed by atoms with Crippen LogP contribution in [0.4, 0.5) is 0 Å². The van der Waals surface area contributed by atoms with Crippen LogP contribution in [0.5, 0.6) is 0 Å². The van der Waals surface area contributed by atoms with Crippen molar-refractivity contribution in [2.75, 3.05) is 0 Å². The maximum absolute atomic E-state index is 12.2. The summed E-state index contributed by atoms with van der Waals surface area (Å²) in [7, 11) is 0. The molecule has 7 atom stereocenters. The van der Waals surface area contributed by atoms with Gasteiger partial charge >= 0.3 is 5.97 Å². The number of carbonyl (C=O) groups is 1. The number of esters is 1. The monoisotopic (exact) mass is 264 g/mol. The summed E-state index contributed by atoms with van der Waals surface area (Å²) in [5.74, 6) is 2.18. The summed E-state index contributed by atoms with van der Waals surface area (Å²) in [4.78, 5) is 12.2. The maximum atomic E-state index is 12.2. The van der Waals surface area contributed by atoms with Crippen molar-refractivity contribution in [3.8, 4) is 0 Å². The molecule has 1 unspecified atom stereocenters. The Kier molecular flexibility index (Phi) is 2.41. The van der Waals surface area contributed by atoms with Crippen LogP contribution in [0.3, 0.4) is 0 Å². The first-order valence-electron chi connectivity index (χ1n) is 7.82. The van der Waals surface area contributed by atoms with Crippen molar-refractivity contribution >= 4 is 5.97 Å². The van der Waals surface area contributed by atoms with E-state index in [1.54, 1.807) is 0 Å². The molecule has 4 aliphatic carbocycles. The molecular formula is C16H24O3. The summed E-state index contributed by atoms with van der Waals surface area (Å²) in [6.07, 6.45) is 5.10. The lowest BCUT2D eigenvalue weighted by molar-refractivity contribution is -0.189. The Labute approximate surface area is 115 Å². The van der Waals surface area contributed by atoms with Crippen LogP contribution >= 0.6 is 0 Å². The van der Waals surface area contributed by atoms with Gasteiger partial charge in [-0.3, -0.25) is 4.79 Å². The highest BCUT2D eigenvalue weighted by molar-refractivity contribution is 5.73. The summed E-state index contributed by atoms with van der Waals surface area (Å²) in [6, 6.07) is 0. The second-order valence-corrected chi connectivity index (χ2v) is 7.81. The van der Waals surface area contributed by atoms with Crippen LogP contribution < -0.4 is 0 Å². The molecule has 1 saturated heterocycles. The average molecular weight is 264 g/mol. The van der Waals surface area contributed by atoms with E-state index in [0.717, 1.165) is 31.1 Å². The van der Waals surface area contributed by atoms with Crippen LogP contribution in [0, 0.1) is 29.1 Å². The average Bonchev–Trinajstić information content (AvgIpc) is 2.97. The van der Waals surface area contributed by atoms with E-state index in [4.69, 9.17) is 9.47 Å². The fraction of sp³-hybridized carbons (Fsp3) is 0.938. The molecule has 5 aliphatic rings. The molecule has 0 aromatic carbocycles. The highest BCUT2D eigenvalue weighted by Crippen LogP contribution is 2.61. The predicted octanol–water partition coefficient (Wildman–Crippen LogP) is 2.78. The molecule has 0 spiro atoms. The third-order valence-electron chi connectivity index (χ3n) is 6.61. The van der Waals surface area contributed by atoms with Gasteiger partial charge in [0.1, 0.15) is 6.10 Å². The number of hydrogen-bond acceptors (Lipinski definition) is 3. The van der Waals surface area contributed by atoms with E-state index in [1.165, 1.54) is 6.42 Å². The van der Waals surface area contributed by atoms with E-state index >= 15 is 0 Å². The Morgan fingerprint density at radius 2 is 1.84 bits per heavy atom. The minimum absolute atomic E-state index is 0.0479. The first-order chi connectivity index (χ1) is 8.96. The van der Waals surface area contributed by atoms with Crippen LogP contribution in [0.15, 0.2) is 0 Å². The minimum Gasteiger partial charge on any atom is -0.462 e. The lowest BCUT2D eigenvalue weighted by Gasteiger charge is -2.61. The van der Waals surface area contributed by atoms with Gasteiger partial charge in [0.05, 0.1) is 18.1 Å². The van der Waals surface area contributed by atoms with Crippen LogP contribution in [-0.2, 0) is 14.3 Å². The Bertz CT molecular complexity index is 406. The molecule has 3 heteroatoms. The normalized spacial score (nSPS) is 53.1. The molecular weight excluding hydrogens is 240 g/mol. The SMILES string of the molecule is C[C@@H]1[C@@H](OC(=O)C2C[C@@H]3O[C@@H]3C2)C[C@H]2C[C@@H]1C2(C)C. The largest absolute Gasteiger partial charge is 0.462 e. The molecule has 1 heterocycles. The van der Waals surface area contributed by atoms with E-state index < -0.39 is 0 Å². The van der Waals surface area contributed by atoms with Crippen molar-refractivity contribution < 1.29 is 14.3 Å².